The maximum absolute atomic E-state index is 12.6. The third-order valence-corrected chi connectivity index (χ3v) is 5.00. The third kappa shape index (κ3) is 3.65. The lowest BCUT2D eigenvalue weighted by molar-refractivity contribution is -0.142. The van der Waals surface area contributed by atoms with Gasteiger partial charge in [0.1, 0.15) is 5.82 Å². The van der Waals surface area contributed by atoms with Crippen molar-refractivity contribution in [3.63, 3.8) is 0 Å². The Kier molecular flexibility index (Phi) is 4.83. The summed E-state index contributed by atoms with van der Waals surface area (Å²) in [5, 5.41) is 12.1. The fraction of sp³-hybridized carbons (Fsp3) is 0.688. The highest BCUT2D eigenvalue weighted by atomic mass is 16.4. The summed E-state index contributed by atoms with van der Waals surface area (Å²) >= 11 is 0. The molecule has 1 aromatic rings. The van der Waals surface area contributed by atoms with Crippen molar-refractivity contribution in [2.75, 3.05) is 6.54 Å². The lowest BCUT2D eigenvalue weighted by atomic mass is 9.86. The smallest absolute Gasteiger partial charge is 0.318 e. The van der Waals surface area contributed by atoms with Crippen LogP contribution in [0.25, 0.3) is 0 Å². The highest BCUT2D eigenvalue weighted by Crippen LogP contribution is 2.29. The molecular weight excluding hydrogens is 296 g/mol. The van der Waals surface area contributed by atoms with Crippen molar-refractivity contribution in [3.8, 4) is 0 Å². The molecule has 2 heterocycles. The molecule has 2 amide bonds. The van der Waals surface area contributed by atoms with Crippen molar-refractivity contribution >= 4 is 12.0 Å². The summed E-state index contributed by atoms with van der Waals surface area (Å²) in [6.45, 7) is 0.738. The van der Waals surface area contributed by atoms with E-state index in [1.165, 1.54) is 0 Å². The number of H-pyrrole nitrogens is 1. The highest BCUT2D eigenvalue weighted by molar-refractivity contribution is 5.75. The summed E-state index contributed by atoms with van der Waals surface area (Å²) in [5.41, 5.74) is 0. The minimum absolute atomic E-state index is 0.00843. The van der Waals surface area contributed by atoms with Gasteiger partial charge in [0.05, 0.1) is 12.0 Å². The monoisotopic (exact) mass is 320 g/mol. The molecule has 1 aliphatic heterocycles. The number of aromatic amines is 1. The molecule has 2 fully saturated rings. The number of amides is 2. The molecule has 1 aromatic heterocycles. The van der Waals surface area contributed by atoms with Gasteiger partial charge in [-0.15, -0.1) is 0 Å². The number of carboxylic acids is 1. The molecule has 23 heavy (non-hydrogen) atoms. The first-order chi connectivity index (χ1) is 11.1. The normalized spacial score (nSPS) is 28.3. The average molecular weight is 320 g/mol. The number of carbonyl (C=O) groups is 2. The molecule has 1 saturated carbocycles. The maximum atomic E-state index is 12.6. The molecule has 1 saturated heterocycles. The Morgan fingerprint density at radius 3 is 2.65 bits per heavy atom. The summed E-state index contributed by atoms with van der Waals surface area (Å²) in [4.78, 5) is 32.9. The predicted molar refractivity (Wildman–Crippen MR) is 83.8 cm³/mol. The average Bonchev–Trinajstić information content (AvgIpc) is 3.09. The standard InChI is InChI=1S/C16H24N4O3/c21-15(22)11-4-6-12(7-5-11)19-16(23)20-10-2-1-3-13(20)14-17-8-9-18-14/h8-9,11-13H,1-7,10H2,(H,17,18)(H,19,23)(H,21,22)/t11?,12?,13-/m0/s1. The lowest BCUT2D eigenvalue weighted by Crippen LogP contribution is -2.49. The molecule has 0 unspecified atom stereocenters. The van der Waals surface area contributed by atoms with Crippen molar-refractivity contribution in [2.45, 2.75) is 57.0 Å². The largest absolute Gasteiger partial charge is 0.481 e. The first-order valence-electron chi connectivity index (χ1n) is 8.44. The zero-order valence-electron chi connectivity index (χ0n) is 13.2. The number of likely N-dealkylation sites (tertiary alicyclic amines) is 1. The Balaban J connectivity index is 1.57. The number of hydrogen-bond donors (Lipinski definition) is 3. The van der Waals surface area contributed by atoms with E-state index in [9.17, 15) is 9.59 Å². The Labute approximate surface area is 135 Å². The quantitative estimate of drug-likeness (QED) is 0.795. The topological polar surface area (TPSA) is 98.3 Å². The summed E-state index contributed by atoms with van der Waals surface area (Å²) < 4.78 is 0. The predicted octanol–water partition coefficient (Wildman–Crippen LogP) is 2.29. The molecule has 1 atom stereocenters. The SMILES string of the molecule is O=C(O)C1CCC(NC(=O)N2CCCC[C@H]2c2ncc[nH]2)CC1. The van der Waals surface area contributed by atoms with Gasteiger partial charge in [-0.05, 0) is 44.9 Å². The molecule has 7 nitrogen and oxygen atoms in total. The Bertz CT molecular complexity index is 538. The molecular formula is C16H24N4O3. The number of nitrogens with one attached hydrogen (secondary N) is 2. The van der Waals surface area contributed by atoms with E-state index in [2.05, 4.69) is 15.3 Å². The van der Waals surface area contributed by atoms with E-state index < -0.39 is 5.97 Å². The van der Waals surface area contributed by atoms with Gasteiger partial charge in [0, 0.05) is 25.0 Å². The first-order valence-corrected chi connectivity index (χ1v) is 8.44. The Morgan fingerprint density at radius 1 is 1.22 bits per heavy atom. The van der Waals surface area contributed by atoms with Crippen molar-refractivity contribution < 1.29 is 14.7 Å². The minimum Gasteiger partial charge on any atom is -0.481 e. The number of hydrogen-bond acceptors (Lipinski definition) is 3. The maximum Gasteiger partial charge on any atom is 0.318 e. The fourth-order valence-electron chi connectivity index (χ4n) is 3.66. The zero-order chi connectivity index (χ0) is 16.2. The number of piperidine rings is 1. The van der Waals surface area contributed by atoms with Crippen LogP contribution in [0.15, 0.2) is 12.4 Å². The summed E-state index contributed by atoms with van der Waals surface area (Å²) in [7, 11) is 0. The summed E-state index contributed by atoms with van der Waals surface area (Å²) in [6.07, 6.45) is 9.29. The van der Waals surface area contributed by atoms with Gasteiger partial charge in [-0.3, -0.25) is 4.79 Å². The molecule has 7 heteroatoms. The molecule has 2 aliphatic rings. The number of urea groups is 1. The van der Waals surface area contributed by atoms with E-state index in [1.807, 2.05) is 4.90 Å². The van der Waals surface area contributed by atoms with Crippen molar-refractivity contribution in [2.24, 2.45) is 5.92 Å². The number of nitrogens with zero attached hydrogens (tertiary/aromatic N) is 2. The van der Waals surface area contributed by atoms with Gasteiger partial charge < -0.3 is 20.3 Å². The number of aliphatic carboxylic acids is 1. The van der Waals surface area contributed by atoms with Crippen LogP contribution in [0.2, 0.25) is 0 Å². The van der Waals surface area contributed by atoms with Crippen molar-refractivity contribution in [1.82, 2.24) is 20.2 Å². The van der Waals surface area contributed by atoms with Crippen LogP contribution in [0.3, 0.4) is 0 Å². The zero-order valence-corrected chi connectivity index (χ0v) is 13.2. The minimum atomic E-state index is -0.719. The Hall–Kier alpha value is -2.05. The van der Waals surface area contributed by atoms with E-state index >= 15 is 0 Å². The van der Waals surface area contributed by atoms with E-state index in [0.29, 0.717) is 12.8 Å². The van der Waals surface area contributed by atoms with E-state index in [1.54, 1.807) is 12.4 Å². The molecule has 126 valence electrons. The van der Waals surface area contributed by atoms with Gasteiger partial charge in [0.15, 0.2) is 0 Å². The van der Waals surface area contributed by atoms with Crippen LogP contribution >= 0.6 is 0 Å². The Morgan fingerprint density at radius 2 is 2.00 bits per heavy atom. The molecule has 3 rings (SSSR count). The van der Waals surface area contributed by atoms with Gasteiger partial charge in [-0.2, -0.15) is 0 Å². The molecule has 1 aliphatic carbocycles. The van der Waals surface area contributed by atoms with Gasteiger partial charge in [0.2, 0.25) is 0 Å². The fourth-order valence-corrected chi connectivity index (χ4v) is 3.66. The molecule has 0 radical (unpaired) electrons. The van der Waals surface area contributed by atoms with Crippen LogP contribution in [-0.4, -0.2) is 44.6 Å². The number of imidazole rings is 1. The summed E-state index contributed by atoms with van der Waals surface area (Å²) in [5.74, 6) is -0.132. The number of aromatic nitrogens is 2. The van der Waals surface area contributed by atoms with Crippen LogP contribution in [0.4, 0.5) is 4.79 Å². The molecule has 3 N–H and O–H groups in total. The van der Waals surface area contributed by atoms with Crippen molar-refractivity contribution in [3.05, 3.63) is 18.2 Å². The summed E-state index contributed by atoms with van der Waals surface area (Å²) in [6, 6.07) is 0.0382. The number of carboxylic acid groups (broad SMARTS) is 1. The second kappa shape index (κ2) is 7.02. The first kappa shape index (κ1) is 15.8. The van der Waals surface area contributed by atoms with Gasteiger partial charge in [-0.25, -0.2) is 9.78 Å². The van der Waals surface area contributed by atoms with Crippen molar-refractivity contribution in [1.29, 1.82) is 0 Å². The lowest BCUT2D eigenvalue weighted by Gasteiger charge is -2.36. The van der Waals surface area contributed by atoms with E-state index in [-0.39, 0.29) is 24.0 Å². The second-order valence-electron chi connectivity index (χ2n) is 6.52. The van der Waals surface area contributed by atoms with Crippen LogP contribution in [0, 0.1) is 5.92 Å². The second-order valence-corrected chi connectivity index (χ2v) is 6.52. The van der Waals surface area contributed by atoms with E-state index in [0.717, 1.165) is 44.5 Å². The van der Waals surface area contributed by atoms with E-state index in [4.69, 9.17) is 5.11 Å². The molecule has 0 aromatic carbocycles. The van der Waals surface area contributed by atoms with Crippen LogP contribution in [-0.2, 0) is 4.79 Å². The van der Waals surface area contributed by atoms with Gasteiger partial charge >= 0.3 is 12.0 Å². The number of carbonyl (C=O) groups excluding carboxylic acids is 1. The van der Waals surface area contributed by atoms with Gasteiger partial charge in [-0.1, -0.05) is 0 Å². The number of rotatable bonds is 3. The highest BCUT2D eigenvalue weighted by Gasteiger charge is 2.32. The van der Waals surface area contributed by atoms with Gasteiger partial charge in [0.25, 0.3) is 0 Å². The molecule has 0 bridgehead atoms. The van der Waals surface area contributed by atoms with Crippen LogP contribution in [0.1, 0.15) is 56.8 Å². The molecule has 0 spiro atoms. The van der Waals surface area contributed by atoms with Crippen LogP contribution < -0.4 is 5.32 Å². The third-order valence-electron chi connectivity index (χ3n) is 5.00. The van der Waals surface area contributed by atoms with Crippen LogP contribution in [0.5, 0.6) is 0 Å².